The van der Waals surface area contributed by atoms with Gasteiger partial charge in [-0.15, -0.1) is 0 Å². The fourth-order valence-electron chi connectivity index (χ4n) is 2.81. The lowest BCUT2D eigenvalue weighted by Crippen LogP contribution is -2.43. The molecule has 0 aliphatic carbocycles. The second-order valence-corrected chi connectivity index (χ2v) is 5.65. The van der Waals surface area contributed by atoms with Crippen LogP contribution in [0, 0.1) is 11.8 Å². The third-order valence-corrected chi connectivity index (χ3v) is 4.28. The first-order valence-electron chi connectivity index (χ1n) is 7.56. The normalized spacial score (nSPS) is 20.8. The number of carbonyl (C=O) groups excluding carboxylic acids is 1. The Bertz CT molecular complexity index is 245. The molecule has 0 aromatic heterocycles. The standard InChI is InChI=1S/C15H29NO2/c1-4-6-7-13(5-2)15(18)16-10-8-14(9-11-16)12(3)17/h12-14,17H,4-11H2,1-3H3. The Morgan fingerprint density at radius 3 is 2.39 bits per heavy atom. The summed E-state index contributed by atoms with van der Waals surface area (Å²) >= 11 is 0. The summed E-state index contributed by atoms with van der Waals surface area (Å²) in [5, 5.41) is 9.57. The minimum absolute atomic E-state index is 0.216. The van der Waals surface area contributed by atoms with Gasteiger partial charge in [0.15, 0.2) is 0 Å². The Kier molecular flexibility index (Phi) is 6.69. The molecule has 0 aromatic carbocycles. The van der Waals surface area contributed by atoms with Gasteiger partial charge < -0.3 is 10.0 Å². The highest BCUT2D eigenvalue weighted by Gasteiger charge is 2.28. The summed E-state index contributed by atoms with van der Waals surface area (Å²) in [5.41, 5.74) is 0. The fraction of sp³-hybridized carbons (Fsp3) is 0.933. The summed E-state index contributed by atoms with van der Waals surface area (Å²) < 4.78 is 0. The third-order valence-electron chi connectivity index (χ3n) is 4.28. The van der Waals surface area contributed by atoms with Crippen molar-refractivity contribution in [1.29, 1.82) is 0 Å². The second kappa shape index (κ2) is 7.78. The van der Waals surface area contributed by atoms with Gasteiger partial charge in [0.2, 0.25) is 5.91 Å². The van der Waals surface area contributed by atoms with Gasteiger partial charge >= 0.3 is 0 Å². The molecule has 3 nitrogen and oxygen atoms in total. The number of nitrogens with zero attached hydrogens (tertiary/aromatic N) is 1. The van der Waals surface area contributed by atoms with Crippen molar-refractivity contribution < 1.29 is 9.90 Å². The zero-order chi connectivity index (χ0) is 13.5. The molecule has 2 unspecified atom stereocenters. The van der Waals surface area contributed by atoms with Crippen molar-refractivity contribution in [1.82, 2.24) is 4.90 Å². The van der Waals surface area contributed by atoms with E-state index in [1.165, 1.54) is 0 Å². The van der Waals surface area contributed by atoms with E-state index >= 15 is 0 Å². The average Bonchev–Trinajstić information content (AvgIpc) is 2.39. The van der Waals surface area contributed by atoms with Crippen molar-refractivity contribution in [2.75, 3.05) is 13.1 Å². The molecule has 0 aromatic rings. The van der Waals surface area contributed by atoms with Gasteiger partial charge in [0.1, 0.15) is 0 Å². The fourth-order valence-corrected chi connectivity index (χ4v) is 2.81. The molecule has 1 saturated heterocycles. The zero-order valence-corrected chi connectivity index (χ0v) is 12.2. The van der Waals surface area contributed by atoms with Gasteiger partial charge in [-0.3, -0.25) is 4.79 Å². The van der Waals surface area contributed by atoms with E-state index in [4.69, 9.17) is 0 Å². The lowest BCUT2D eigenvalue weighted by Gasteiger charge is -2.35. The van der Waals surface area contributed by atoms with Gasteiger partial charge in [0.25, 0.3) is 0 Å². The molecule has 0 saturated carbocycles. The largest absolute Gasteiger partial charge is 0.393 e. The van der Waals surface area contributed by atoms with Gasteiger partial charge in [0, 0.05) is 19.0 Å². The summed E-state index contributed by atoms with van der Waals surface area (Å²) in [5.74, 6) is 0.938. The van der Waals surface area contributed by atoms with Crippen LogP contribution in [0.5, 0.6) is 0 Å². The summed E-state index contributed by atoms with van der Waals surface area (Å²) in [6, 6.07) is 0. The van der Waals surface area contributed by atoms with E-state index in [9.17, 15) is 9.90 Å². The molecule has 106 valence electrons. The number of rotatable bonds is 6. The molecule has 1 fully saturated rings. The Labute approximate surface area is 112 Å². The molecule has 1 heterocycles. The van der Waals surface area contributed by atoms with Crippen LogP contribution in [0.2, 0.25) is 0 Å². The summed E-state index contributed by atoms with van der Waals surface area (Å²) in [6.07, 6.45) is 5.96. The van der Waals surface area contributed by atoms with E-state index in [0.29, 0.717) is 11.8 Å². The number of piperidine rings is 1. The molecular formula is C15H29NO2. The molecule has 0 spiro atoms. The molecule has 3 heteroatoms. The number of amides is 1. The van der Waals surface area contributed by atoms with E-state index in [2.05, 4.69) is 13.8 Å². The van der Waals surface area contributed by atoms with E-state index in [1.807, 2.05) is 11.8 Å². The molecule has 0 bridgehead atoms. The zero-order valence-electron chi connectivity index (χ0n) is 12.2. The Balaban J connectivity index is 2.42. The lowest BCUT2D eigenvalue weighted by molar-refractivity contribution is -0.137. The molecule has 1 aliphatic heterocycles. The van der Waals surface area contributed by atoms with Crippen LogP contribution in [0.1, 0.15) is 59.3 Å². The van der Waals surface area contributed by atoms with E-state index in [0.717, 1.165) is 51.6 Å². The third kappa shape index (κ3) is 4.27. The van der Waals surface area contributed by atoms with E-state index < -0.39 is 0 Å². The molecule has 0 radical (unpaired) electrons. The maximum Gasteiger partial charge on any atom is 0.225 e. The van der Waals surface area contributed by atoms with E-state index in [-0.39, 0.29) is 12.0 Å². The predicted molar refractivity (Wildman–Crippen MR) is 74.3 cm³/mol. The van der Waals surface area contributed by atoms with Crippen LogP contribution in [0.4, 0.5) is 0 Å². The minimum Gasteiger partial charge on any atom is -0.393 e. The highest BCUT2D eigenvalue weighted by atomic mass is 16.3. The number of aliphatic hydroxyl groups excluding tert-OH is 1. The first-order chi connectivity index (χ1) is 8.60. The van der Waals surface area contributed by atoms with Crippen LogP contribution < -0.4 is 0 Å². The van der Waals surface area contributed by atoms with Crippen LogP contribution in [0.25, 0.3) is 0 Å². The van der Waals surface area contributed by atoms with Crippen molar-refractivity contribution in [2.45, 2.75) is 65.4 Å². The van der Waals surface area contributed by atoms with Crippen LogP contribution in [0.3, 0.4) is 0 Å². The number of hydrogen-bond donors (Lipinski definition) is 1. The number of hydrogen-bond acceptors (Lipinski definition) is 2. The van der Waals surface area contributed by atoms with Crippen molar-refractivity contribution >= 4 is 5.91 Å². The molecular weight excluding hydrogens is 226 g/mol. The lowest BCUT2D eigenvalue weighted by atomic mass is 9.90. The van der Waals surface area contributed by atoms with Gasteiger partial charge in [0.05, 0.1) is 6.10 Å². The van der Waals surface area contributed by atoms with Gasteiger partial charge in [-0.2, -0.15) is 0 Å². The first-order valence-corrected chi connectivity index (χ1v) is 7.56. The van der Waals surface area contributed by atoms with E-state index in [1.54, 1.807) is 0 Å². The Morgan fingerprint density at radius 1 is 1.33 bits per heavy atom. The predicted octanol–water partition coefficient (Wildman–Crippen LogP) is 2.82. The highest BCUT2D eigenvalue weighted by Crippen LogP contribution is 2.23. The SMILES string of the molecule is CCCCC(CC)C(=O)N1CCC(C(C)O)CC1. The van der Waals surface area contributed by atoms with Crippen LogP contribution >= 0.6 is 0 Å². The Morgan fingerprint density at radius 2 is 1.94 bits per heavy atom. The minimum atomic E-state index is -0.232. The molecule has 1 N–H and O–H groups in total. The Hall–Kier alpha value is -0.570. The first kappa shape index (κ1) is 15.5. The van der Waals surface area contributed by atoms with Crippen molar-refractivity contribution in [3.05, 3.63) is 0 Å². The second-order valence-electron chi connectivity index (χ2n) is 5.65. The molecule has 1 aliphatic rings. The maximum atomic E-state index is 12.4. The maximum absolute atomic E-state index is 12.4. The van der Waals surface area contributed by atoms with Crippen LogP contribution in [-0.2, 0) is 4.79 Å². The molecule has 1 amide bonds. The van der Waals surface area contributed by atoms with Gasteiger partial charge in [-0.05, 0) is 38.5 Å². The summed E-state index contributed by atoms with van der Waals surface area (Å²) in [4.78, 5) is 14.4. The van der Waals surface area contributed by atoms with Crippen molar-refractivity contribution in [3.63, 3.8) is 0 Å². The molecule has 1 rings (SSSR count). The summed E-state index contributed by atoms with van der Waals surface area (Å²) in [7, 11) is 0. The average molecular weight is 255 g/mol. The smallest absolute Gasteiger partial charge is 0.225 e. The number of unbranched alkanes of at least 4 members (excludes halogenated alkanes) is 1. The van der Waals surface area contributed by atoms with Crippen LogP contribution in [0.15, 0.2) is 0 Å². The number of carbonyl (C=O) groups is 1. The molecule has 2 atom stereocenters. The molecule has 18 heavy (non-hydrogen) atoms. The highest BCUT2D eigenvalue weighted by molar-refractivity contribution is 5.78. The van der Waals surface area contributed by atoms with Crippen LogP contribution in [-0.4, -0.2) is 35.1 Å². The van der Waals surface area contributed by atoms with Gasteiger partial charge in [-0.25, -0.2) is 0 Å². The van der Waals surface area contributed by atoms with Gasteiger partial charge in [-0.1, -0.05) is 26.7 Å². The number of likely N-dealkylation sites (tertiary alicyclic amines) is 1. The van der Waals surface area contributed by atoms with Crippen molar-refractivity contribution in [2.24, 2.45) is 11.8 Å². The van der Waals surface area contributed by atoms with Crippen molar-refractivity contribution in [3.8, 4) is 0 Å². The monoisotopic (exact) mass is 255 g/mol. The quantitative estimate of drug-likeness (QED) is 0.793. The number of aliphatic hydroxyl groups is 1. The topological polar surface area (TPSA) is 40.5 Å². The summed E-state index contributed by atoms with van der Waals surface area (Å²) in [6.45, 7) is 7.80.